The predicted molar refractivity (Wildman–Crippen MR) is 145 cm³/mol. The predicted octanol–water partition coefficient (Wildman–Crippen LogP) is 0.134. The SMILES string of the molecule is Cn1c(O)c(C=Nc2ccc3c(c2)CC2(C(=O)NC(=O)NC2=O)[C@@H]2CN(c4ccccc4)CCN32)c(=O)[nH]c1=O. The lowest BCUT2D eigenvalue weighted by atomic mass is 9.68. The number of amides is 4. The zero-order chi connectivity index (χ0) is 28.2. The molecule has 4 heterocycles. The smallest absolute Gasteiger partial charge is 0.330 e. The van der Waals surface area contributed by atoms with Gasteiger partial charge in [-0.3, -0.25) is 39.6 Å². The highest BCUT2D eigenvalue weighted by Gasteiger charge is 2.60. The molecular weight excluding hydrogens is 518 g/mol. The zero-order valence-corrected chi connectivity index (χ0v) is 21.4. The number of nitrogens with one attached hydrogen (secondary N) is 3. The van der Waals surface area contributed by atoms with Crippen LogP contribution < -0.4 is 31.7 Å². The van der Waals surface area contributed by atoms with Crippen LogP contribution in [0.1, 0.15) is 11.1 Å². The minimum absolute atomic E-state index is 0.0199. The van der Waals surface area contributed by atoms with Crippen LogP contribution >= 0.6 is 0 Å². The Balaban J connectivity index is 1.41. The van der Waals surface area contributed by atoms with E-state index in [1.165, 1.54) is 7.05 Å². The van der Waals surface area contributed by atoms with Crippen molar-refractivity contribution in [3.8, 4) is 5.88 Å². The molecule has 6 rings (SSSR count). The van der Waals surface area contributed by atoms with E-state index >= 15 is 0 Å². The number of anilines is 2. The number of hydrogen-bond donors (Lipinski definition) is 4. The molecule has 2 saturated heterocycles. The Morgan fingerprint density at radius 2 is 1.73 bits per heavy atom. The molecule has 0 aliphatic carbocycles. The number of aliphatic imine (C=N–C) groups is 1. The molecule has 3 aromatic rings. The van der Waals surface area contributed by atoms with Crippen molar-refractivity contribution in [2.75, 3.05) is 29.4 Å². The molecule has 13 heteroatoms. The molecule has 1 aromatic heterocycles. The van der Waals surface area contributed by atoms with Gasteiger partial charge in [0, 0.05) is 44.3 Å². The summed E-state index contributed by atoms with van der Waals surface area (Å²) >= 11 is 0. The van der Waals surface area contributed by atoms with Gasteiger partial charge >= 0.3 is 11.7 Å². The maximum atomic E-state index is 13.5. The topological polar surface area (TPSA) is 169 Å². The Labute approximate surface area is 226 Å². The minimum Gasteiger partial charge on any atom is -0.494 e. The summed E-state index contributed by atoms with van der Waals surface area (Å²) in [5.74, 6) is -1.85. The Bertz CT molecular complexity index is 1690. The first-order valence-electron chi connectivity index (χ1n) is 12.6. The number of carbonyl (C=O) groups is 3. The molecule has 0 bridgehead atoms. The van der Waals surface area contributed by atoms with E-state index in [-0.39, 0.29) is 12.0 Å². The first-order chi connectivity index (χ1) is 19.2. The largest absolute Gasteiger partial charge is 0.494 e. The van der Waals surface area contributed by atoms with E-state index in [2.05, 4.69) is 25.5 Å². The van der Waals surface area contributed by atoms with E-state index in [4.69, 9.17) is 0 Å². The van der Waals surface area contributed by atoms with Crippen LogP contribution in [0.2, 0.25) is 0 Å². The Morgan fingerprint density at radius 1 is 1.00 bits per heavy atom. The van der Waals surface area contributed by atoms with Crippen LogP contribution in [0.5, 0.6) is 5.88 Å². The van der Waals surface area contributed by atoms with Gasteiger partial charge in [0.1, 0.15) is 5.56 Å². The van der Waals surface area contributed by atoms with Gasteiger partial charge < -0.3 is 14.9 Å². The summed E-state index contributed by atoms with van der Waals surface area (Å²) < 4.78 is 0.885. The van der Waals surface area contributed by atoms with Crippen LogP contribution in [0.15, 0.2) is 63.1 Å². The molecule has 204 valence electrons. The van der Waals surface area contributed by atoms with Crippen molar-refractivity contribution in [1.29, 1.82) is 0 Å². The summed E-state index contributed by atoms with van der Waals surface area (Å²) in [6.45, 7) is 1.55. The number of H-pyrrole nitrogens is 1. The number of urea groups is 1. The molecule has 0 radical (unpaired) electrons. The second kappa shape index (κ2) is 9.22. The maximum absolute atomic E-state index is 13.5. The number of para-hydroxylation sites is 1. The summed E-state index contributed by atoms with van der Waals surface area (Å²) in [6, 6.07) is 13.6. The summed E-state index contributed by atoms with van der Waals surface area (Å²) in [6.07, 6.45) is 1.17. The van der Waals surface area contributed by atoms with Gasteiger partial charge in [-0.1, -0.05) is 18.2 Å². The molecule has 40 heavy (non-hydrogen) atoms. The zero-order valence-electron chi connectivity index (χ0n) is 21.4. The number of aromatic hydroxyl groups is 1. The van der Waals surface area contributed by atoms with Crippen LogP contribution in [0.25, 0.3) is 0 Å². The van der Waals surface area contributed by atoms with Crippen molar-refractivity contribution in [1.82, 2.24) is 20.2 Å². The number of hydrogen-bond acceptors (Lipinski definition) is 9. The fraction of sp³-hybridized carbons (Fsp3) is 0.259. The Hall–Kier alpha value is -5.20. The van der Waals surface area contributed by atoms with Crippen LogP contribution in [0, 0.1) is 5.41 Å². The highest BCUT2D eigenvalue weighted by atomic mass is 16.3. The van der Waals surface area contributed by atoms with E-state index in [1.807, 2.05) is 41.3 Å². The van der Waals surface area contributed by atoms with Gasteiger partial charge in [0.2, 0.25) is 17.7 Å². The number of barbiturate groups is 1. The molecule has 4 N–H and O–H groups in total. The van der Waals surface area contributed by atoms with Gasteiger partial charge in [-0.15, -0.1) is 0 Å². The van der Waals surface area contributed by atoms with Crippen LogP contribution in [0.3, 0.4) is 0 Å². The first kappa shape index (κ1) is 25.1. The molecular formula is C27H25N7O6. The number of aromatic amines is 1. The second-order valence-corrected chi connectivity index (χ2v) is 10.0. The van der Waals surface area contributed by atoms with Crippen molar-refractivity contribution < 1.29 is 19.5 Å². The van der Waals surface area contributed by atoms with Gasteiger partial charge in [-0.25, -0.2) is 9.59 Å². The normalized spacial score (nSPS) is 19.8. The van der Waals surface area contributed by atoms with Crippen molar-refractivity contribution >= 4 is 41.1 Å². The standard InChI is InChI=1S/C27H25N7O6/c1-32-22(36)18(21(35)29-26(32)40)13-28-16-7-8-19-15(11-16)12-27(23(37)30-25(39)31-24(27)38)20-14-33(9-10-34(19)20)17-5-3-2-4-6-17/h2-8,11,13,20,36H,9-10,12,14H2,1H3,(H,29,35,40)(H2,30,31,37,38,39)/t20-/m0/s1. The van der Waals surface area contributed by atoms with Crippen molar-refractivity contribution in [2.45, 2.75) is 12.5 Å². The number of aromatic nitrogens is 2. The molecule has 3 aliphatic rings. The molecule has 2 aromatic carbocycles. The molecule has 2 fully saturated rings. The number of carbonyl (C=O) groups excluding carboxylic acids is 3. The van der Waals surface area contributed by atoms with Gasteiger partial charge in [-0.05, 0) is 42.3 Å². The monoisotopic (exact) mass is 543 g/mol. The third-order valence-electron chi connectivity index (χ3n) is 7.85. The van der Waals surface area contributed by atoms with Crippen LogP contribution in [0.4, 0.5) is 21.9 Å². The van der Waals surface area contributed by atoms with E-state index in [9.17, 15) is 29.1 Å². The number of imide groups is 2. The third-order valence-corrected chi connectivity index (χ3v) is 7.85. The fourth-order valence-electron chi connectivity index (χ4n) is 5.77. The Morgan fingerprint density at radius 3 is 2.45 bits per heavy atom. The molecule has 3 aliphatic heterocycles. The lowest BCUT2D eigenvalue weighted by molar-refractivity contribution is -0.146. The van der Waals surface area contributed by atoms with E-state index in [0.29, 0.717) is 30.9 Å². The number of piperazine rings is 1. The molecule has 1 atom stereocenters. The first-order valence-corrected chi connectivity index (χ1v) is 12.6. The summed E-state index contributed by atoms with van der Waals surface area (Å²) in [4.78, 5) is 73.4. The summed E-state index contributed by atoms with van der Waals surface area (Å²) in [7, 11) is 1.31. The van der Waals surface area contributed by atoms with Crippen LogP contribution in [-0.2, 0) is 23.1 Å². The van der Waals surface area contributed by atoms with E-state index < -0.39 is 46.4 Å². The van der Waals surface area contributed by atoms with Crippen LogP contribution in [-0.4, -0.2) is 64.4 Å². The lowest BCUT2D eigenvalue weighted by Gasteiger charge is -2.54. The highest BCUT2D eigenvalue weighted by molar-refractivity contribution is 6.20. The van der Waals surface area contributed by atoms with Crippen molar-refractivity contribution in [3.05, 3.63) is 80.5 Å². The maximum Gasteiger partial charge on any atom is 0.330 e. The number of rotatable bonds is 3. The third kappa shape index (κ3) is 3.85. The minimum atomic E-state index is -1.58. The fourth-order valence-corrected chi connectivity index (χ4v) is 5.77. The van der Waals surface area contributed by atoms with E-state index in [0.717, 1.165) is 22.2 Å². The number of nitrogens with zero attached hydrogens (tertiary/aromatic N) is 4. The average Bonchev–Trinajstić information content (AvgIpc) is 2.94. The Kier molecular flexibility index (Phi) is 5.79. The van der Waals surface area contributed by atoms with Crippen molar-refractivity contribution in [3.63, 3.8) is 0 Å². The molecule has 0 saturated carbocycles. The van der Waals surface area contributed by atoms with Gasteiger partial charge in [0.05, 0.1) is 11.7 Å². The highest BCUT2D eigenvalue weighted by Crippen LogP contribution is 2.45. The van der Waals surface area contributed by atoms with Gasteiger partial charge in [0.15, 0.2) is 5.41 Å². The summed E-state index contributed by atoms with van der Waals surface area (Å²) in [5.41, 5.74) is -0.460. The van der Waals surface area contributed by atoms with Gasteiger partial charge in [0.25, 0.3) is 5.56 Å². The molecule has 4 amide bonds. The molecule has 1 spiro atoms. The quantitative estimate of drug-likeness (QED) is 0.267. The summed E-state index contributed by atoms with van der Waals surface area (Å²) in [5, 5.41) is 14.8. The average molecular weight is 544 g/mol. The number of fused-ring (bicyclic) bond motifs is 4. The number of benzene rings is 2. The molecule has 13 nitrogen and oxygen atoms in total. The van der Waals surface area contributed by atoms with Crippen molar-refractivity contribution in [2.24, 2.45) is 17.5 Å². The second-order valence-electron chi connectivity index (χ2n) is 10.0. The lowest BCUT2D eigenvalue weighted by Crippen LogP contribution is -2.74. The van der Waals surface area contributed by atoms with E-state index in [1.54, 1.807) is 12.1 Å². The molecule has 0 unspecified atom stereocenters. The van der Waals surface area contributed by atoms with Gasteiger partial charge in [-0.2, -0.15) is 0 Å².